The van der Waals surface area contributed by atoms with E-state index in [4.69, 9.17) is 11.6 Å². The summed E-state index contributed by atoms with van der Waals surface area (Å²) in [6, 6.07) is 9.57. The van der Waals surface area contributed by atoms with Gasteiger partial charge in [0, 0.05) is 19.5 Å². The summed E-state index contributed by atoms with van der Waals surface area (Å²) >= 11 is 12.6. The van der Waals surface area contributed by atoms with E-state index in [0.717, 1.165) is 8.95 Å². The highest BCUT2D eigenvalue weighted by atomic mass is 79.9. The van der Waals surface area contributed by atoms with Crippen LogP contribution in [-0.4, -0.2) is 18.7 Å². The Kier molecular flexibility index (Phi) is 6.56. The maximum atomic E-state index is 13.4. The first kappa shape index (κ1) is 17.9. The van der Waals surface area contributed by atoms with Gasteiger partial charge in [-0.15, -0.1) is 0 Å². The van der Waals surface area contributed by atoms with Gasteiger partial charge in [-0.3, -0.25) is 4.79 Å². The van der Waals surface area contributed by atoms with Crippen molar-refractivity contribution in [1.82, 2.24) is 5.43 Å². The van der Waals surface area contributed by atoms with Crippen molar-refractivity contribution in [1.29, 1.82) is 0 Å². The summed E-state index contributed by atoms with van der Waals surface area (Å²) in [6.45, 7) is -0.00650. The molecule has 0 fully saturated rings. The van der Waals surface area contributed by atoms with Gasteiger partial charge in [0.05, 0.1) is 18.4 Å². The van der Waals surface area contributed by atoms with Crippen LogP contribution in [0.4, 0.5) is 10.1 Å². The molecule has 2 aromatic rings. The molecular weight excluding hydrogens is 452 g/mol. The van der Waals surface area contributed by atoms with E-state index in [0.29, 0.717) is 16.3 Å². The van der Waals surface area contributed by atoms with E-state index in [9.17, 15) is 9.18 Å². The molecule has 0 saturated heterocycles. The second kappa shape index (κ2) is 8.42. The number of hydrogen-bond donors (Lipinski definition) is 2. The minimum atomic E-state index is -0.405. The average molecular weight is 464 g/mol. The van der Waals surface area contributed by atoms with Crippen LogP contribution in [0.5, 0.6) is 0 Å². The Labute approximate surface area is 154 Å². The van der Waals surface area contributed by atoms with Crippen molar-refractivity contribution in [3.63, 3.8) is 0 Å². The third-order valence-corrected chi connectivity index (χ3v) is 4.20. The predicted molar refractivity (Wildman–Crippen MR) is 97.5 cm³/mol. The van der Waals surface area contributed by atoms with Gasteiger partial charge in [-0.1, -0.05) is 29.8 Å². The topological polar surface area (TPSA) is 53.5 Å². The van der Waals surface area contributed by atoms with Crippen LogP contribution >= 0.6 is 43.5 Å². The molecule has 0 aromatic heterocycles. The Bertz CT molecular complexity index is 732. The van der Waals surface area contributed by atoms with Gasteiger partial charge in [0.15, 0.2) is 0 Å². The predicted octanol–water partition coefficient (Wildman–Crippen LogP) is 4.57. The largest absolute Gasteiger partial charge is 0.374 e. The Morgan fingerprint density at radius 1 is 1.26 bits per heavy atom. The number of anilines is 1. The summed E-state index contributed by atoms with van der Waals surface area (Å²) in [5.41, 5.74) is 3.32. The van der Waals surface area contributed by atoms with Crippen LogP contribution < -0.4 is 10.7 Å². The fourth-order valence-corrected chi connectivity index (χ4v) is 3.62. The Morgan fingerprint density at radius 3 is 2.57 bits per heavy atom. The number of hydrazone groups is 1. The molecule has 0 heterocycles. The summed E-state index contributed by atoms with van der Waals surface area (Å²) < 4.78 is 14.8. The highest BCUT2D eigenvalue weighted by Gasteiger charge is 2.08. The minimum Gasteiger partial charge on any atom is -0.374 e. The first-order chi connectivity index (χ1) is 11.0. The van der Waals surface area contributed by atoms with Gasteiger partial charge in [0.1, 0.15) is 5.82 Å². The van der Waals surface area contributed by atoms with E-state index in [1.54, 1.807) is 30.3 Å². The molecule has 8 heteroatoms. The lowest BCUT2D eigenvalue weighted by atomic mass is 10.2. The SMILES string of the molecule is O=C(CNc1c(Br)cc(Cl)cc1Br)N/N=C/c1ccccc1F. The van der Waals surface area contributed by atoms with Crippen molar-refractivity contribution < 1.29 is 9.18 Å². The third-order valence-electron chi connectivity index (χ3n) is 2.73. The van der Waals surface area contributed by atoms with Gasteiger partial charge in [-0.05, 0) is 50.1 Å². The molecule has 2 rings (SSSR count). The zero-order valence-corrected chi connectivity index (χ0v) is 15.5. The zero-order valence-electron chi connectivity index (χ0n) is 11.6. The highest BCUT2D eigenvalue weighted by Crippen LogP contribution is 2.33. The maximum Gasteiger partial charge on any atom is 0.259 e. The van der Waals surface area contributed by atoms with Gasteiger partial charge in [-0.2, -0.15) is 5.10 Å². The standard InChI is InChI=1S/C15H11Br2ClFN3O/c16-11-5-10(18)6-12(17)15(11)20-8-14(23)22-21-7-9-3-1-2-4-13(9)19/h1-7,20H,8H2,(H,22,23)/b21-7+. The average Bonchev–Trinajstić information content (AvgIpc) is 2.48. The number of nitrogens with zero attached hydrogens (tertiary/aromatic N) is 1. The van der Waals surface area contributed by atoms with Crippen molar-refractivity contribution in [2.24, 2.45) is 5.10 Å². The molecule has 0 aliphatic rings. The van der Waals surface area contributed by atoms with Crippen molar-refractivity contribution in [2.45, 2.75) is 0 Å². The Hall–Kier alpha value is -1.44. The summed E-state index contributed by atoms with van der Waals surface area (Å²) in [5, 5.41) is 7.24. The van der Waals surface area contributed by atoms with Crippen molar-refractivity contribution in [3.8, 4) is 0 Å². The van der Waals surface area contributed by atoms with E-state index in [2.05, 4.69) is 47.7 Å². The monoisotopic (exact) mass is 461 g/mol. The van der Waals surface area contributed by atoms with E-state index in [1.807, 2.05) is 0 Å². The molecule has 0 aliphatic carbocycles. The molecule has 0 radical (unpaired) electrons. The fourth-order valence-electron chi connectivity index (χ4n) is 1.67. The molecule has 0 unspecified atom stereocenters. The van der Waals surface area contributed by atoms with Gasteiger partial charge in [0.2, 0.25) is 0 Å². The molecule has 0 spiro atoms. The molecule has 0 bridgehead atoms. The lowest BCUT2D eigenvalue weighted by Crippen LogP contribution is -2.26. The molecule has 120 valence electrons. The number of benzene rings is 2. The van der Waals surface area contributed by atoms with E-state index < -0.39 is 5.82 Å². The molecule has 1 amide bonds. The highest BCUT2D eigenvalue weighted by molar-refractivity contribution is 9.11. The normalized spacial score (nSPS) is 10.8. The van der Waals surface area contributed by atoms with Crippen molar-refractivity contribution in [3.05, 3.63) is 61.7 Å². The molecular formula is C15H11Br2ClFN3O. The molecule has 23 heavy (non-hydrogen) atoms. The zero-order chi connectivity index (χ0) is 16.8. The first-order valence-electron chi connectivity index (χ1n) is 6.42. The second-order valence-electron chi connectivity index (χ2n) is 4.41. The number of carbonyl (C=O) groups is 1. The van der Waals surface area contributed by atoms with Crippen molar-refractivity contribution in [2.75, 3.05) is 11.9 Å². The number of nitrogens with one attached hydrogen (secondary N) is 2. The van der Waals surface area contributed by atoms with E-state index in [1.165, 1.54) is 12.3 Å². The maximum absolute atomic E-state index is 13.4. The van der Waals surface area contributed by atoms with Crippen LogP contribution in [0.1, 0.15) is 5.56 Å². The quantitative estimate of drug-likeness (QED) is 0.504. The summed E-state index contributed by atoms with van der Waals surface area (Å²) in [6.07, 6.45) is 1.25. The van der Waals surface area contributed by atoms with Gasteiger partial charge >= 0.3 is 0 Å². The number of hydrogen-bond acceptors (Lipinski definition) is 3. The first-order valence-corrected chi connectivity index (χ1v) is 8.38. The third kappa shape index (κ3) is 5.30. The number of rotatable bonds is 5. The summed E-state index contributed by atoms with van der Waals surface area (Å²) in [5.74, 6) is -0.774. The van der Waals surface area contributed by atoms with Crippen LogP contribution in [0.3, 0.4) is 0 Å². The number of amides is 1. The lowest BCUT2D eigenvalue weighted by Gasteiger charge is -2.10. The van der Waals surface area contributed by atoms with Crippen LogP contribution in [0, 0.1) is 5.82 Å². The van der Waals surface area contributed by atoms with Gasteiger partial charge in [0.25, 0.3) is 5.91 Å². The smallest absolute Gasteiger partial charge is 0.259 e. The molecule has 0 aliphatic heterocycles. The molecule has 0 saturated carbocycles. The number of halogens is 4. The van der Waals surface area contributed by atoms with E-state index >= 15 is 0 Å². The summed E-state index contributed by atoms with van der Waals surface area (Å²) in [7, 11) is 0. The summed E-state index contributed by atoms with van der Waals surface area (Å²) in [4.78, 5) is 11.7. The number of carbonyl (C=O) groups excluding carboxylic acids is 1. The fraction of sp³-hybridized carbons (Fsp3) is 0.0667. The van der Waals surface area contributed by atoms with Crippen LogP contribution in [0.2, 0.25) is 5.02 Å². The second-order valence-corrected chi connectivity index (χ2v) is 6.56. The van der Waals surface area contributed by atoms with Gasteiger partial charge in [-0.25, -0.2) is 9.82 Å². The lowest BCUT2D eigenvalue weighted by molar-refractivity contribution is -0.119. The van der Waals surface area contributed by atoms with Crippen LogP contribution in [-0.2, 0) is 4.79 Å². The molecule has 0 atom stereocenters. The van der Waals surface area contributed by atoms with Gasteiger partial charge < -0.3 is 5.32 Å². The van der Waals surface area contributed by atoms with Crippen molar-refractivity contribution >= 4 is 61.3 Å². The minimum absolute atomic E-state index is 0.00650. The van der Waals surface area contributed by atoms with E-state index in [-0.39, 0.29) is 12.5 Å². The molecule has 4 nitrogen and oxygen atoms in total. The Morgan fingerprint density at radius 2 is 1.91 bits per heavy atom. The molecule has 2 aromatic carbocycles. The van der Waals surface area contributed by atoms with Crippen LogP contribution in [0.25, 0.3) is 0 Å². The van der Waals surface area contributed by atoms with Crippen LogP contribution in [0.15, 0.2) is 50.4 Å². The Balaban J connectivity index is 1.90. The molecule has 2 N–H and O–H groups in total.